The zero-order chi connectivity index (χ0) is 10.7. The zero-order valence-electron chi connectivity index (χ0n) is 8.25. The van der Waals surface area contributed by atoms with Gasteiger partial charge in [0.05, 0.1) is 18.7 Å². The molecule has 0 N–H and O–H groups in total. The molecule has 0 aliphatic carbocycles. The van der Waals surface area contributed by atoms with Crippen LogP contribution in [0.4, 0.5) is 5.82 Å². The number of methoxy groups -OCH3 is 1. The molecule has 0 radical (unpaired) electrons. The number of hydrogen-bond acceptors (Lipinski definition) is 5. The average Bonchev–Trinajstić information content (AvgIpc) is 2.61. The molecule has 0 saturated heterocycles. The van der Waals surface area contributed by atoms with Gasteiger partial charge in [0.15, 0.2) is 5.82 Å². The van der Waals surface area contributed by atoms with Gasteiger partial charge in [-0.05, 0) is 0 Å². The van der Waals surface area contributed by atoms with E-state index in [2.05, 4.69) is 15.1 Å². The van der Waals surface area contributed by atoms with Gasteiger partial charge in [-0.1, -0.05) is 0 Å². The van der Waals surface area contributed by atoms with Gasteiger partial charge in [0.2, 0.25) is 0 Å². The van der Waals surface area contributed by atoms with Crippen molar-refractivity contribution in [3.05, 3.63) is 18.6 Å². The van der Waals surface area contributed by atoms with Gasteiger partial charge in [0.25, 0.3) is 5.91 Å². The molecule has 0 atom stereocenters. The Bertz CT molecular complexity index is 390. The molecule has 1 amide bonds. The Morgan fingerprint density at radius 3 is 3.13 bits per heavy atom. The minimum Gasteiger partial charge on any atom is -0.379 e. The third-order valence-corrected chi connectivity index (χ3v) is 1.93. The van der Waals surface area contributed by atoms with E-state index >= 15 is 0 Å². The highest BCUT2D eigenvalue weighted by atomic mass is 16.5. The Labute approximate surface area is 86.6 Å². The predicted octanol–water partition coefficient (Wildman–Crippen LogP) is 0.216. The second-order valence-electron chi connectivity index (χ2n) is 3.05. The Morgan fingerprint density at radius 2 is 2.47 bits per heavy atom. The SMILES string of the molecule is COCC1=NN(c2ccncn2)C(=O)C1. The Kier molecular flexibility index (Phi) is 2.68. The molecule has 2 heterocycles. The van der Waals surface area contributed by atoms with E-state index in [1.165, 1.54) is 11.3 Å². The predicted molar refractivity (Wildman–Crippen MR) is 53.4 cm³/mol. The van der Waals surface area contributed by atoms with Gasteiger partial charge in [0, 0.05) is 19.4 Å². The van der Waals surface area contributed by atoms with Crippen LogP contribution < -0.4 is 5.01 Å². The van der Waals surface area contributed by atoms with Crippen molar-refractivity contribution in [1.82, 2.24) is 9.97 Å². The van der Waals surface area contributed by atoms with E-state index in [9.17, 15) is 4.79 Å². The molecule has 1 aliphatic rings. The second-order valence-corrected chi connectivity index (χ2v) is 3.05. The van der Waals surface area contributed by atoms with Crippen molar-refractivity contribution in [2.24, 2.45) is 5.10 Å². The first-order valence-corrected chi connectivity index (χ1v) is 4.45. The van der Waals surface area contributed by atoms with Gasteiger partial charge in [-0.15, -0.1) is 0 Å². The number of carbonyl (C=O) groups excluding carboxylic acids is 1. The fraction of sp³-hybridized carbons (Fsp3) is 0.333. The lowest BCUT2D eigenvalue weighted by molar-refractivity contribution is -0.117. The van der Waals surface area contributed by atoms with E-state index in [1.54, 1.807) is 19.4 Å². The van der Waals surface area contributed by atoms with E-state index < -0.39 is 0 Å². The number of anilines is 1. The van der Waals surface area contributed by atoms with Crippen LogP contribution in [0.25, 0.3) is 0 Å². The van der Waals surface area contributed by atoms with E-state index in [0.29, 0.717) is 18.1 Å². The first kappa shape index (κ1) is 9.72. The summed E-state index contributed by atoms with van der Waals surface area (Å²) in [6.07, 6.45) is 3.24. The molecule has 15 heavy (non-hydrogen) atoms. The maximum atomic E-state index is 11.6. The van der Waals surface area contributed by atoms with Gasteiger partial charge in [-0.25, -0.2) is 9.97 Å². The van der Waals surface area contributed by atoms with Crippen LogP contribution in [0.3, 0.4) is 0 Å². The third kappa shape index (κ3) is 1.99. The summed E-state index contributed by atoms with van der Waals surface area (Å²) in [5.41, 5.74) is 0.709. The van der Waals surface area contributed by atoms with Crippen molar-refractivity contribution < 1.29 is 9.53 Å². The first-order chi connectivity index (χ1) is 7.31. The molecule has 0 fully saturated rings. The molecule has 1 aromatic rings. The Hall–Kier alpha value is -1.82. The van der Waals surface area contributed by atoms with Gasteiger partial charge in [-0.2, -0.15) is 10.1 Å². The normalized spacial score (nSPS) is 15.7. The number of carbonyl (C=O) groups is 1. The summed E-state index contributed by atoms with van der Waals surface area (Å²) >= 11 is 0. The maximum Gasteiger partial charge on any atom is 0.254 e. The van der Waals surface area contributed by atoms with Crippen LogP contribution in [0.15, 0.2) is 23.7 Å². The monoisotopic (exact) mass is 206 g/mol. The minimum absolute atomic E-state index is 0.0965. The Morgan fingerprint density at radius 1 is 1.60 bits per heavy atom. The third-order valence-electron chi connectivity index (χ3n) is 1.93. The fourth-order valence-electron chi connectivity index (χ4n) is 1.32. The Balaban J connectivity index is 2.20. The van der Waals surface area contributed by atoms with Crippen LogP contribution in [0.1, 0.15) is 6.42 Å². The van der Waals surface area contributed by atoms with Crippen molar-refractivity contribution in [1.29, 1.82) is 0 Å². The van der Waals surface area contributed by atoms with E-state index in [1.807, 2.05) is 0 Å². The fourth-order valence-corrected chi connectivity index (χ4v) is 1.32. The minimum atomic E-state index is -0.0965. The number of hydrogen-bond donors (Lipinski definition) is 0. The van der Waals surface area contributed by atoms with E-state index in [4.69, 9.17) is 4.74 Å². The molecule has 0 saturated carbocycles. The zero-order valence-corrected chi connectivity index (χ0v) is 8.25. The highest BCUT2D eigenvalue weighted by molar-refractivity contribution is 6.13. The molecule has 0 aromatic carbocycles. The van der Waals surface area contributed by atoms with Crippen LogP contribution in [-0.2, 0) is 9.53 Å². The molecule has 2 rings (SSSR count). The summed E-state index contributed by atoms with van der Waals surface area (Å²) in [5, 5.41) is 5.39. The second kappa shape index (κ2) is 4.14. The molecule has 78 valence electrons. The smallest absolute Gasteiger partial charge is 0.254 e. The highest BCUT2D eigenvalue weighted by Crippen LogP contribution is 2.16. The molecule has 0 unspecified atom stereocenters. The molecule has 0 spiro atoms. The number of aromatic nitrogens is 2. The van der Waals surface area contributed by atoms with Gasteiger partial charge in [0.1, 0.15) is 6.33 Å². The molecule has 1 aromatic heterocycles. The van der Waals surface area contributed by atoms with Crippen LogP contribution in [0.2, 0.25) is 0 Å². The number of ether oxygens (including phenoxy) is 1. The lowest BCUT2D eigenvalue weighted by Gasteiger charge is -2.08. The quantitative estimate of drug-likeness (QED) is 0.709. The summed E-state index contributed by atoms with van der Waals surface area (Å²) in [6.45, 7) is 0.368. The van der Waals surface area contributed by atoms with E-state index in [0.717, 1.165) is 0 Å². The number of nitrogens with zero attached hydrogens (tertiary/aromatic N) is 4. The first-order valence-electron chi connectivity index (χ1n) is 4.45. The van der Waals surface area contributed by atoms with Crippen molar-refractivity contribution in [3.8, 4) is 0 Å². The van der Waals surface area contributed by atoms with Crippen molar-refractivity contribution in [3.63, 3.8) is 0 Å². The summed E-state index contributed by atoms with van der Waals surface area (Å²) in [5.74, 6) is 0.391. The molecule has 1 aliphatic heterocycles. The molecular weight excluding hydrogens is 196 g/mol. The molecule has 6 nitrogen and oxygen atoms in total. The van der Waals surface area contributed by atoms with Gasteiger partial charge in [-0.3, -0.25) is 4.79 Å². The average molecular weight is 206 g/mol. The van der Waals surface area contributed by atoms with E-state index in [-0.39, 0.29) is 12.3 Å². The molecule has 6 heteroatoms. The maximum absolute atomic E-state index is 11.6. The summed E-state index contributed by atoms with van der Waals surface area (Å²) in [4.78, 5) is 19.3. The van der Waals surface area contributed by atoms with Crippen molar-refractivity contribution >= 4 is 17.4 Å². The lowest BCUT2D eigenvalue weighted by atomic mass is 10.3. The lowest BCUT2D eigenvalue weighted by Crippen LogP contribution is -2.20. The number of hydrazone groups is 1. The highest BCUT2D eigenvalue weighted by Gasteiger charge is 2.25. The van der Waals surface area contributed by atoms with Crippen molar-refractivity contribution in [2.75, 3.05) is 18.7 Å². The van der Waals surface area contributed by atoms with Crippen LogP contribution in [0, 0.1) is 0 Å². The summed E-state index contributed by atoms with van der Waals surface area (Å²) < 4.78 is 4.92. The van der Waals surface area contributed by atoms with Crippen LogP contribution in [0.5, 0.6) is 0 Å². The summed E-state index contributed by atoms with van der Waals surface area (Å²) in [7, 11) is 1.57. The topological polar surface area (TPSA) is 67.7 Å². The van der Waals surface area contributed by atoms with Crippen LogP contribution in [-0.4, -0.2) is 35.3 Å². The van der Waals surface area contributed by atoms with Gasteiger partial charge < -0.3 is 4.74 Å². The molecule has 0 bridgehead atoms. The largest absolute Gasteiger partial charge is 0.379 e. The number of amides is 1. The summed E-state index contributed by atoms with van der Waals surface area (Å²) in [6, 6.07) is 1.64. The van der Waals surface area contributed by atoms with Crippen LogP contribution >= 0.6 is 0 Å². The molecular formula is C9H10N4O2. The van der Waals surface area contributed by atoms with Crippen molar-refractivity contribution in [2.45, 2.75) is 6.42 Å². The van der Waals surface area contributed by atoms with Gasteiger partial charge >= 0.3 is 0 Å². The number of rotatable bonds is 3. The standard InChI is InChI=1S/C9H10N4O2/c1-15-5-7-4-9(14)13(12-7)8-2-3-10-6-11-8/h2-3,6H,4-5H2,1H3.